The molecule has 4 fully saturated rings. The van der Waals surface area contributed by atoms with Crippen molar-refractivity contribution in [3.8, 4) is 11.4 Å². The Labute approximate surface area is 893 Å². The van der Waals surface area contributed by atoms with Gasteiger partial charge in [0.2, 0.25) is 11.7 Å². The van der Waals surface area contributed by atoms with Crippen LogP contribution in [0.3, 0.4) is 0 Å². The Hall–Kier alpha value is -10.5. The Kier molecular flexibility index (Phi) is 48.4. The third-order valence-corrected chi connectivity index (χ3v) is 26.2. The molecule has 12 aromatic rings. The van der Waals surface area contributed by atoms with Gasteiger partial charge in [0, 0.05) is 76.6 Å². The number of rotatable bonds is 14. The number of H-pyrrole nitrogens is 4. The fraction of sp³-hybridized carbons (Fsp3) is 0.340. The van der Waals surface area contributed by atoms with E-state index in [-0.39, 0.29) is 114 Å². The number of nitrogens with zero attached hydrogens (tertiary/aromatic N) is 11. The van der Waals surface area contributed by atoms with Crippen molar-refractivity contribution in [2.45, 2.75) is 122 Å². The highest BCUT2D eigenvalue weighted by Gasteiger charge is 2.31. The van der Waals surface area contributed by atoms with Crippen LogP contribution in [0.4, 0.5) is 49.7 Å². The SMILES string of the molecule is CC1(C)CCN(c2cc(=O)[nH]c(NNC(=O)c3cccc(Cl)c3F)n2)CC1.CC1(C)CCN(c2cc(=O)n3c(-c4cccc(Cl)c4F)n[nH]c3n2)CC1.CC1(C)CCNCC1.CNC(=O)c1cccc(Cl)c1F.CSc1nc(Cl)cc(=O)[nH]1.CSc1nc(Cl)cc(Cl)n1.CSc1nc(N2CCC(C)(C)CC2)cc(=O)[nH]1.NNC(=O)c1cccc(Cl)c1F.NNC(=O)c1cccc(Cl)c1F.O=C(Cl)c1cccc(Cl)c1F. The van der Waals surface area contributed by atoms with E-state index in [1.807, 2.05) is 34.5 Å². The predicted octanol–water partition coefficient (Wildman–Crippen LogP) is 20.5. The van der Waals surface area contributed by atoms with Gasteiger partial charge >= 0.3 is 0 Å². The summed E-state index contributed by atoms with van der Waals surface area (Å²) in [4.78, 5) is 141. The van der Waals surface area contributed by atoms with Gasteiger partial charge in [0.15, 0.2) is 56.2 Å². The van der Waals surface area contributed by atoms with Crippen molar-refractivity contribution in [3.63, 3.8) is 0 Å². The standard InChI is InChI=1S/C18H21ClFN5O2.C18H19ClFN5O.C12H19N3OS.C8H7ClFNO.C7H3Cl2FO.2C7H6ClFN2O.C7H15N.C5H4Cl2N2S.C5H5ClN2OS/c1-18(2)6-8-25(9-7-18)13-10-14(26)22-17(21-13)24-23-16(27)11-4-3-5-12(19)15(11)20;1-18(2)6-8-24(9-7-18)13-10-14(26)25-16(22-23-17(25)21-13)11-4-3-5-12(19)15(11)20;1-12(2)4-6-15(7-5-12)9-8-10(16)14-11(13-9)17-3;1-11-8(12)5-3-2-4-6(9)7(5)10;8-5-3-1-2-4(6(5)10)7(9)11;2*8-5-3-1-2-4(6(5)9)7(12)11-10;1-7(2)3-5-8-6-4-7;1-10-5-8-3(6)2-4(7)9-5;1-10-5-7-3(6)2-4(9)8-5/h3-5,10H,6-9H2,1-2H3,(H,23,27)(H2,21,22,24,26);3-5,10H,6-9H2,1-2H3,(H,21,23);8H,4-7H2,1-3H3,(H,13,14,16);2-4H,1H3,(H,11,12);1-3H;2*1-3H,10H2,(H,11,12);8H,3-6H2,1-2H3;2H,1H3;2H,1H3,(H,7,8,9). The van der Waals surface area contributed by atoms with Crippen LogP contribution in [0, 0.1) is 56.6 Å². The summed E-state index contributed by atoms with van der Waals surface area (Å²) in [7, 11) is 1.43. The molecule has 145 heavy (non-hydrogen) atoms. The largest absolute Gasteiger partial charge is 0.356 e. The Morgan fingerprint density at radius 3 is 1.12 bits per heavy atom. The zero-order valence-electron chi connectivity index (χ0n) is 80.1. The second kappa shape index (κ2) is 57.8. The number of carbonyl (C=O) groups excluding carboxylic acids is 5. The number of amides is 4. The van der Waals surface area contributed by atoms with Crippen LogP contribution in [0.25, 0.3) is 17.2 Å². The van der Waals surface area contributed by atoms with E-state index in [1.54, 1.807) is 12.1 Å². The van der Waals surface area contributed by atoms with E-state index in [4.69, 9.17) is 128 Å². The van der Waals surface area contributed by atoms with E-state index in [1.165, 1.54) is 200 Å². The van der Waals surface area contributed by atoms with Gasteiger partial charge < -0.3 is 35.3 Å². The first-order chi connectivity index (χ1) is 68.4. The normalized spacial score (nSPS) is 14.3. The maximum absolute atomic E-state index is 14.3. The number of aromatic nitrogens is 12. The minimum atomic E-state index is -0.843. The number of halogens is 16. The lowest BCUT2D eigenvalue weighted by molar-refractivity contribution is 0.0941. The summed E-state index contributed by atoms with van der Waals surface area (Å²) in [6.07, 6.45) is 14.6. The van der Waals surface area contributed by atoms with Gasteiger partial charge in [0.1, 0.15) is 32.9 Å². The molecule has 14 N–H and O–H groups in total. The number of hydrogen-bond donors (Lipinski definition) is 12. The number of fused-ring (bicyclic) bond motifs is 1. The molecule has 6 aromatic carbocycles. The Morgan fingerprint density at radius 1 is 0.400 bits per heavy atom. The number of anilines is 4. The van der Waals surface area contributed by atoms with Crippen molar-refractivity contribution in [2.75, 3.05) is 98.3 Å². The highest BCUT2D eigenvalue weighted by Crippen LogP contribution is 2.36. The van der Waals surface area contributed by atoms with Crippen LogP contribution in [-0.4, -0.2) is 166 Å². The van der Waals surface area contributed by atoms with Gasteiger partial charge in [-0.05, 0) is 189 Å². The molecule has 51 heteroatoms. The van der Waals surface area contributed by atoms with Crippen LogP contribution in [-0.2, 0) is 0 Å². The average Bonchev–Trinajstić information content (AvgIpc) is 1.62. The molecule has 4 aliphatic heterocycles. The molecule has 0 aliphatic carbocycles. The quantitative estimate of drug-likeness (QED) is 0.00703. The van der Waals surface area contributed by atoms with Gasteiger partial charge in [-0.15, -0.1) is 0 Å². The fourth-order valence-electron chi connectivity index (χ4n) is 13.2. The Bertz CT molecular complexity index is 6530. The van der Waals surface area contributed by atoms with Crippen LogP contribution in [0.1, 0.15) is 159 Å². The molecule has 0 bridgehead atoms. The fourth-order valence-corrected chi connectivity index (χ4v) is 16.3. The summed E-state index contributed by atoms with van der Waals surface area (Å²) < 4.78 is 81.4. The summed E-state index contributed by atoms with van der Waals surface area (Å²) in [6, 6.07) is 32.6. The molecule has 4 aliphatic rings. The summed E-state index contributed by atoms with van der Waals surface area (Å²) in [5, 5.41) is 13.9. The number of nitrogens with two attached hydrogens (primary N) is 2. The van der Waals surface area contributed by atoms with Crippen LogP contribution in [0.5, 0.6) is 0 Å². The molecular formula is C94H105Cl10F6N23O9S3. The first-order valence-corrected chi connectivity index (χ1v) is 51.2. The molecule has 4 saturated heterocycles. The van der Waals surface area contributed by atoms with Gasteiger partial charge in [-0.25, -0.2) is 67.5 Å². The van der Waals surface area contributed by atoms with Crippen molar-refractivity contribution >= 4 is 209 Å². The van der Waals surface area contributed by atoms with Crippen LogP contribution < -0.4 is 81.0 Å². The molecule has 0 spiro atoms. The highest BCUT2D eigenvalue weighted by molar-refractivity contribution is 7.98. The van der Waals surface area contributed by atoms with Gasteiger partial charge in [-0.1, -0.05) is 231 Å². The van der Waals surface area contributed by atoms with Crippen molar-refractivity contribution in [2.24, 2.45) is 33.3 Å². The van der Waals surface area contributed by atoms with E-state index in [0.29, 0.717) is 53.7 Å². The number of aromatic amines is 4. The number of nitrogen functional groups attached to an aromatic ring is 2. The van der Waals surface area contributed by atoms with Crippen molar-refractivity contribution in [3.05, 3.63) is 289 Å². The van der Waals surface area contributed by atoms with E-state index in [9.17, 15) is 69.5 Å². The summed E-state index contributed by atoms with van der Waals surface area (Å²) in [5.41, 5.74) is 8.51. The second-order valence-electron chi connectivity index (χ2n) is 34.7. The van der Waals surface area contributed by atoms with Gasteiger partial charge in [0.05, 0.1) is 63.5 Å². The molecule has 32 nitrogen and oxygen atoms in total. The topological polar surface area (TPSA) is 445 Å². The molecule has 0 atom stereocenters. The minimum absolute atomic E-state index is 0.0211. The van der Waals surface area contributed by atoms with E-state index in [0.717, 1.165) is 83.6 Å². The maximum atomic E-state index is 14.3. The summed E-state index contributed by atoms with van der Waals surface area (Å²) in [5.74, 6) is 5.08. The third-order valence-electron chi connectivity index (χ3n) is 21.9. The zero-order chi connectivity index (χ0) is 108. The number of benzene rings is 6. The van der Waals surface area contributed by atoms with Crippen LogP contribution in [0.2, 0.25) is 45.6 Å². The first-order valence-electron chi connectivity index (χ1n) is 43.8. The molecule has 0 saturated carbocycles. The predicted molar refractivity (Wildman–Crippen MR) is 568 cm³/mol. The highest BCUT2D eigenvalue weighted by atomic mass is 35.5. The lowest BCUT2D eigenvalue weighted by Gasteiger charge is -2.37. The molecule has 0 unspecified atom stereocenters. The van der Waals surface area contributed by atoms with E-state index < -0.39 is 63.8 Å². The van der Waals surface area contributed by atoms with E-state index >= 15 is 0 Å². The Morgan fingerprint density at radius 2 is 0.745 bits per heavy atom. The number of thioether (sulfide) groups is 3. The van der Waals surface area contributed by atoms with Gasteiger partial charge in [-0.3, -0.25) is 69.8 Å². The second-order valence-corrected chi connectivity index (χ2v) is 41.0. The number of nitrogens with one attached hydrogen (secondary N) is 10. The molecule has 6 aromatic heterocycles. The van der Waals surface area contributed by atoms with Crippen LogP contribution >= 0.6 is 151 Å². The first kappa shape index (κ1) is 121. The molecule has 4 amide bonds. The molecule has 16 rings (SSSR count). The molecule has 0 radical (unpaired) electrons. The lowest BCUT2D eigenvalue weighted by Crippen LogP contribution is -2.39. The summed E-state index contributed by atoms with van der Waals surface area (Å²) in [6.45, 7) is 25.9. The Balaban J connectivity index is 0.000000224. The zero-order valence-corrected chi connectivity index (χ0v) is 90.1. The van der Waals surface area contributed by atoms with Crippen molar-refractivity contribution in [1.82, 2.24) is 86.4 Å². The lowest BCUT2D eigenvalue weighted by atomic mass is 9.83. The number of carbonyl (C=O) groups is 5. The number of piperidine rings is 4. The van der Waals surface area contributed by atoms with Crippen molar-refractivity contribution < 1.29 is 50.3 Å². The monoisotopic (exact) mass is 2260 g/mol. The molecular weight excluding hydrogens is 2160 g/mol. The third kappa shape index (κ3) is 38.3. The number of hydrazine groups is 3. The molecule has 780 valence electrons. The number of hydrogen-bond acceptors (Lipinski definition) is 26. The van der Waals surface area contributed by atoms with E-state index in [2.05, 4.69) is 142 Å². The summed E-state index contributed by atoms with van der Waals surface area (Å²) >= 11 is 59.1. The van der Waals surface area contributed by atoms with Gasteiger partial charge in [0.25, 0.3) is 51.1 Å². The average molecular weight is 2270 g/mol. The smallest absolute Gasteiger partial charge is 0.272 e. The minimum Gasteiger partial charge on any atom is -0.356 e. The maximum Gasteiger partial charge on any atom is 0.272 e. The van der Waals surface area contributed by atoms with Crippen molar-refractivity contribution in [1.29, 1.82) is 0 Å². The van der Waals surface area contributed by atoms with Crippen LogP contribution in [0.15, 0.2) is 174 Å². The van der Waals surface area contributed by atoms with Gasteiger partial charge in [-0.2, -0.15) is 15.1 Å². The molecule has 10 heterocycles.